The molecule has 138 valence electrons. The number of nitrogens with one attached hydrogen (secondary N) is 1. The summed E-state index contributed by atoms with van der Waals surface area (Å²) in [5.41, 5.74) is 0. The van der Waals surface area contributed by atoms with Crippen LogP contribution in [-0.4, -0.2) is 48.4 Å². The molecule has 1 fully saturated rings. The molecule has 1 unspecified atom stereocenters. The Morgan fingerprint density at radius 3 is 1.26 bits per heavy atom. The third-order valence-electron chi connectivity index (χ3n) is 2.99. The van der Waals surface area contributed by atoms with Crippen LogP contribution in [0.5, 0.6) is 0 Å². The van der Waals surface area contributed by atoms with Gasteiger partial charge in [0.15, 0.2) is 0 Å². The first-order valence-corrected chi connectivity index (χ1v) is 5.52. The second-order valence-electron chi connectivity index (χ2n) is 4.81. The van der Waals surface area contributed by atoms with E-state index in [-0.39, 0.29) is 6.54 Å². The second kappa shape index (κ2) is 5.02. The zero-order valence-corrected chi connectivity index (χ0v) is 10.4. The first-order valence-electron chi connectivity index (χ1n) is 5.52. The fourth-order valence-electron chi connectivity index (χ4n) is 1.47. The van der Waals surface area contributed by atoms with Gasteiger partial charge in [-0.1, -0.05) is 0 Å². The van der Waals surface area contributed by atoms with Crippen LogP contribution in [0.1, 0.15) is 6.42 Å². The standard InChI is InChI=1S/C9H6F13N/c10-4(11,1-3-2-23-3)5(12,13)6(14,15)7(16,17)8(18,19)9(20,21)22/h3,23H,1-2H2. The molecule has 0 amide bonds. The Bertz CT molecular complexity index is 447. The summed E-state index contributed by atoms with van der Waals surface area (Å²) in [7, 11) is 0. The summed E-state index contributed by atoms with van der Waals surface area (Å²) >= 11 is 0. The van der Waals surface area contributed by atoms with Crippen molar-refractivity contribution in [2.24, 2.45) is 0 Å². The summed E-state index contributed by atoms with van der Waals surface area (Å²) in [6.45, 7) is -0.369. The number of hydrogen-bond donors (Lipinski definition) is 1. The van der Waals surface area contributed by atoms with E-state index in [1.54, 1.807) is 0 Å². The van der Waals surface area contributed by atoms with E-state index in [1.165, 1.54) is 0 Å². The molecule has 1 N–H and O–H groups in total. The van der Waals surface area contributed by atoms with Crippen LogP contribution < -0.4 is 5.32 Å². The van der Waals surface area contributed by atoms with E-state index in [4.69, 9.17) is 0 Å². The summed E-state index contributed by atoms with van der Waals surface area (Å²) < 4.78 is 164. The smallest absolute Gasteiger partial charge is 0.311 e. The Morgan fingerprint density at radius 1 is 0.609 bits per heavy atom. The molecule has 23 heavy (non-hydrogen) atoms. The Balaban J connectivity index is 3.30. The predicted octanol–water partition coefficient (Wildman–Crippen LogP) is 4.09. The minimum Gasteiger partial charge on any atom is -0.311 e. The molecule has 0 aliphatic carbocycles. The van der Waals surface area contributed by atoms with E-state index in [2.05, 4.69) is 0 Å². The van der Waals surface area contributed by atoms with Gasteiger partial charge in [0.05, 0.1) is 0 Å². The molecule has 1 nitrogen and oxygen atoms in total. The predicted molar refractivity (Wildman–Crippen MR) is 47.2 cm³/mol. The van der Waals surface area contributed by atoms with Crippen molar-refractivity contribution < 1.29 is 57.1 Å². The summed E-state index contributed by atoms with van der Waals surface area (Å²) in [4.78, 5) is 0. The van der Waals surface area contributed by atoms with E-state index >= 15 is 0 Å². The molecule has 0 aromatic rings. The first kappa shape index (κ1) is 20.1. The van der Waals surface area contributed by atoms with E-state index in [9.17, 15) is 57.1 Å². The van der Waals surface area contributed by atoms with Crippen molar-refractivity contribution in [1.82, 2.24) is 5.32 Å². The molecule has 0 aromatic heterocycles. The Labute approximate surface area is 118 Å². The highest BCUT2D eigenvalue weighted by molar-refractivity contribution is 5.11. The van der Waals surface area contributed by atoms with E-state index in [1.807, 2.05) is 5.32 Å². The molecule has 1 rings (SSSR count). The van der Waals surface area contributed by atoms with Crippen LogP contribution in [-0.2, 0) is 0 Å². The SMILES string of the molecule is FC(F)(F)C(F)(F)C(F)(F)C(F)(F)C(F)(F)C(F)(F)CC1CN1. The van der Waals surface area contributed by atoms with Gasteiger partial charge in [-0.25, -0.2) is 0 Å². The molecule has 1 aliphatic rings. The summed E-state index contributed by atoms with van der Waals surface area (Å²) in [5.74, 6) is -36.3. The van der Waals surface area contributed by atoms with E-state index < -0.39 is 48.3 Å². The molecule has 0 saturated carbocycles. The van der Waals surface area contributed by atoms with Gasteiger partial charge in [-0.3, -0.25) is 0 Å². The Morgan fingerprint density at radius 2 is 0.957 bits per heavy atom. The van der Waals surface area contributed by atoms with Crippen molar-refractivity contribution in [3.8, 4) is 0 Å². The maximum Gasteiger partial charge on any atom is 0.460 e. The van der Waals surface area contributed by atoms with Gasteiger partial charge in [-0.15, -0.1) is 0 Å². The van der Waals surface area contributed by atoms with Gasteiger partial charge < -0.3 is 5.32 Å². The largest absolute Gasteiger partial charge is 0.460 e. The lowest BCUT2D eigenvalue weighted by Gasteiger charge is -2.39. The van der Waals surface area contributed by atoms with Gasteiger partial charge in [0.1, 0.15) is 0 Å². The molecule has 1 saturated heterocycles. The Kier molecular flexibility index (Phi) is 4.39. The molecule has 1 aliphatic heterocycles. The molecular formula is C9H6F13N. The maximum absolute atomic E-state index is 13.1. The zero-order valence-electron chi connectivity index (χ0n) is 10.4. The summed E-state index contributed by atoms with van der Waals surface area (Å²) in [6.07, 6.45) is -9.52. The van der Waals surface area contributed by atoms with Crippen molar-refractivity contribution in [2.45, 2.75) is 48.3 Å². The quantitative estimate of drug-likeness (QED) is 0.549. The zero-order chi connectivity index (χ0) is 18.7. The topological polar surface area (TPSA) is 21.9 Å². The first-order chi connectivity index (χ1) is 9.83. The van der Waals surface area contributed by atoms with Gasteiger partial charge in [-0.05, 0) is 0 Å². The fraction of sp³-hybridized carbons (Fsp3) is 1.00. The van der Waals surface area contributed by atoms with Gasteiger partial charge in [0, 0.05) is 19.0 Å². The molecule has 0 bridgehead atoms. The summed E-state index contributed by atoms with van der Waals surface area (Å²) in [5, 5.41) is 1.93. The lowest BCUT2D eigenvalue weighted by molar-refractivity contribution is -0.440. The molecule has 1 atom stereocenters. The summed E-state index contributed by atoms with van der Waals surface area (Å²) in [6, 6.07) is -1.48. The molecule has 0 aromatic carbocycles. The van der Waals surface area contributed by atoms with Gasteiger partial charge in [0.25, 0.3) is 0 Å². The highest BCUT2D eigenvalue weighted by Crippen LogP contribution is 2.60. The molecule has 1 heterocycles. The number of rotatable bonds is 6. The van der Waals surface area contributed by atoms with Crippen molar-refractivity contribution in [3.05, 3.63) is 0 Å². The van der Waals surface area contributed by atoms with Crippen LogP contribution in [0.2, 0.25) is 0 Å². The van der Waals surface area contributed by atoms with Crippen LogP contribution in [0, 0.1) is 0 Å². The normalized spacial score (nSPS) is 21.5. The minimum absolute atomic E-state index is 0.369. The number of halogens is 13. The van der Waals surface area contributed by atoms with Crippen molar-refractivity contribution in [2.75, 3.05) is 6.54 Å². The Hall–Kier alpha value is -0.950. The average Bonchev–Trinajstić information content (AvgIpc) is 3.09. The molecule has 0 spiro atoms. The van der Waals surface area contributed by atoms with Crippen LogP contribution >= 0.6 is 0 Å². The third kappa shape index (κ3) is 2.82. The fourth-order valence-corrected chi connectivity index (χ4v) is 1.47. The number of alkyl halides is 13. The minimum atomic E-state index is -7.82. The molecule has 0 radical (unpaired) electrons. The third-order valence-corrected chi connectivity index (χ3v) is 2.99. The highest BCUT2D eigenvalue weighted by Gasteiger charge is 2.90. The highest BCUT2D eigenvalue weighted by atomic mass is 19.4. The van der Waals surface area contributed by atoms with Crippen LogP contribution in [0.25, 0.3) is 0 Å². The maximum atomic E-state index is 13.1. The van der Waals surface area contributed by atoms with Gasteiger partial charge in [-0.2, -0.15) is 57.1 Å². The van der Waals surface area contributed by atoms with E-state index in [0.717, 1.165) is 0 Å². The van der Waals surface area contributed by atoms with Crippen LogP contribution in [0.4, 0.5) is 57.1 Å². The monoisotopic (exact) mass is 375 g/mol. The number of hydrogen-bond acceptors (Lipinski definition) is 1. The lowest BCUT2D eigenvalue weighted by atomic mass is 9.92. The van der Waals surface area contributed by atoms with Crippen molar-refractivity contribution >= 4 is 0 Å². The lowest BCUT2D eigenvalue weighted by Crippen LogP contribution is -2.70. The van der Waals surface area contributed by atoms with E-state index in [0.29, 0.717) is 0 Å². The van der Waals surface area contributed by atoms with Gasteiger partial charge >= 0.3 is 35.8 Å². The average molecular weight is 375 g/mol. The van der Waals surface area contributed by atoms with Gasteiger partial charge in [0.2, 0.25) is 0 Å². The van der Waals surface area contributed by atoms with Crippen molar-refractivity contribution in [1.29, 1.82) is 0 Å². The van der Waals surface area contributed by atoms with Crippen LogP contribution in [0.3, 0.4) is 0 Å². The second-order valence-corrected chi connectivity index (χ2v) is 4.81. The molecule has 14 heteroatoms. The van der Waals surface area contributed by atoms with Crippen molar-refractivity contribution in [3.63, 3.8) is 0 Å². The molecular weight excluding hydrogens is 369 g/mol. The van der Waals surface area contributed by atoms with Crippen LogP contribution in [0.15, 0.2) is 0 Å².